The normalized spacial score (nSPS) is 19.9. The van der Waals surface area contributed by atoms with Crippen LogP contribution in [0, 0.1) is 17.7 Å². The standard InChI is InChI=1S/C23H29FO6/c1-29-22(26)23(27,28)21(25)14-3-2-8-17-10-6-11-18(17)9-4-5-15-30-20-13-7-12-19(24)16-20/h2,4,7,9,12-14,16-18,21,25,27-28H,5-6,8,10-11,15H2,1H3/b9-4+/t3?,17-,18-,21?/m0/s1. The smallest absolute Gasteiger partial charge is 0.369 e. The zero-order valence-corrected chi connectivity index (χ0v) is 17.0. The second-order valence-electron chi connectivity index (χ2n) is 7.31. The number of methoxy groups -OCH3 is 1. The Kier molecular flexibility index (Phi) is 9.27. The fraction of sp³-hybridized carbons (Fsp3) is 0.478. The van der Waals surface area contributed by atoms with Crippen molar-refractivity contribution in [2.45, 2.75) is 44.0 Å². The number of esters is 1. The first-order valence-electron chi connectivity index (χ1n) is 10.0. The van der Waals surface area contributed by atoms with E-state index in [1.165, 1.54) is 12.1 Å². The Morgan fingerprint density at radius 3 is 2.93 bits per heavy atom. The third-order valence-corrected chi connectivity index (χ3v) is 5.14. The fourth-order valence-corrected chi connectivity index (χ4v) is 3.45. The summed E-state index contributed by atoms with van der Waals surface area (Å²) in [4.78, 5) is 11.2. The quantitative estimate of drug-likeness (QED) is 0.177. The minimum Gasteiger partial charge on any atom is -0.493 e. The Labute approximate surface area is 175 Å². The lowest BCUT2D eigenvalue weighted by atomic mass is 9.92. The highest BCUT2D eigenvalue weighted by molar-refractivity contribution is 5.78. The Morgan fingerprint density at radius 2 is 2.20 bits per heavy atom. The van der Waals surface area contributed by atoms with Gasteiger partial charge < -0.3 is 24.8 Å². The van der Waals surface area contributed by atoms with Crippen molar-refractivity contribution in [3.05, 3.63) is 60.1 Å². The summed E-state index contributed by atoms with van der Waals surface area (Å²) >= 11 is 0. The SMILES string of the molecule is COC(=O)C(O)(O)C(O)C=C=CC[C@H]1CCC[C@@H]1/C=C/CCOc1cccc(F)c1. The zero-order valence-electron chi connectivity index (χ0n) is 17.0. The van der Waals surface area contributed by atoms with E-state index in [0.29, 0.717) is 24.2 Å². The molecule has 1 fully saturated rings. The number of ether oxygens (including phenoxy) is 2. The van der Waals surface area contributed by atoms with Crippen molar-refractivity contribution in [1.82, 2.24) is 0 Å². The number of hydrogen-bond acceptors (Lipinski definition) is 6. The maximum Gasteiger partial charge on any atom is 0.369 e. The summed E-state index contributed by atoms with van der Waals surface area (Å²) in [6, 6.07) is 6.07. The molecule has 0 amide bonds. The van der Waals surface area contributed by atoms with Crippen LogP contribution in [0.4, 0.5) is 4.39 Å². The molecule has 0 saturated heterocycles. The lowest BCUT2D eigenvalue weighted by Crippen LogP contribution is -2.49. The fourth-order valence-electron chi connectivity index (χ4n) is 3.45. The largest absolute Gasteiger partial charge is 0.493 e. The second kappa shape index (κ2) is 11.7. The molecule has 3 N–H and O–H groups in total. The van der Waals surface area contributed by atoms with Crippen molar-refractivity contribution >= 4 is 5.97 Å². The zero-order chi connectivity index (χ0) is 22.0. The van der Waals surface area contributed by atoms with E-state index in [2.05, 4.69) is 22.6 Å². The summed E-state index contributed by atoms with van der Waals surface area (Å²) < 4.78 is 22.9. The summed E-state index contributed by atoms with van der Waals surface area (Å²) in [5.41, 5.74) is 2.71. The van der Waals surface area contributed by atoms with Gasteiger partial charge in [0.25, 0.3) is 5.79 Å². The number of allylic oxidation sites excluding steroid dienone is 1. The molecule has 1 unspecified atom stereocenters. The molecule has 0 radical (unpaired) electrons. The molecule has 30 heavy (non-hydrogen) atoms. The summed E-state index contributed by atoms with van der Waals surface area (Å²) in [6.07, 6.45) is 9.91. The number of carbonyl (C=O) groups excluding carboxylic acids is 1. The van der Waals surface area contributed by atoms with Gasteiger partial charge in [0.05, 0.1) is 13.7 Å². The molecular weight excluding hydrogens is 391 g/mol. The molecule has 1 aliphatic carbocycles. The molecule has 6 nitrogen and oxygen atoms in total. The number of aliphatic hydroxyl groups is 3. The van der Waals surface area contributed by atoms with E-state index in [1.54, 1.807) is 18.2 Å². The molecule has 2 rings (SSSR count). The van der Waals surface area contributed by atoms with Gasteiger partial charge >= 0.3 is 5.97 Å². The highest BCUT2D eigenvalue weighted by Crippen LogP contribution is 2.35. The molecule has 164 valence electrons. The predicted octanol–water partition coefficient (Wildman–Crippen LogP) is 2.88. The van der Waals surface area contributed by atoms with Gasteiger partial charge in [-0.15, -0.1) is 5.73 Å². The van der Waals surface area contributed by atoms with Crippen molar-refractivity contribution in [3.8, 4) is 5.75 Å². The van der Waals surface area contributed by atoms with Crippen LogP contribution in [0.1, 0.15) is 32.1 Å². The van der Waals surface area contributed by atoms with Crippen molar-refractivity contribution < 1.29 is 34.0 Å². The molecule has 0 bridgehead atoms. The monoisotopic (exact) mass is 420 g/mol. The molecule has 0 heterocycles. The first-order chi connectivity index (χ1) is 14.3. The van der Waals surface area contributed by atoms with Crippen molar-refractivity contribution in [3.63, 3.8) is 0 Å². The van der Waals surface area contributed by atoms with Crippen LogP contribution in [0.25, 0.3) is 0 Å². The van der Waals surface area contributed by atoms with Gasteiger partial charge in [0.2, 0.25) is 0 Å². The van der Waals surface area contributed by atoms with Gasteiger partial charge in [0.15, 0.2) is 0 Å². The van der Waals surface area contributed by atoms with Gasteiger partial charge in [-0.3, -0.25) is 0 Å². The van der Waals surface area contributed by atoms with Crippen LogP contribution < -0.4 is 4.74 Å². The van der Waals surface area contributed by atoms with Gasteiger partial charge in [0, 0.05) is 6.07 Å². The van der Waals surface area contributed by atoms with Crippen LogP contribution >= 0.6 is 0 Å². The molecule has 1 aliphatic rings. The summed E-state index contributed by atoms with van der Waals surface area (Å²) in [7, 11) is 0.997. The van der Waals surface area contributed by atoms with Gasteiger partial charge in [-0.05, 0) is 61.8 Å². The lowest BCUT2D eigenvalue weighted by molar-refractivity contribution is -0.230. The number of aliphatic hydroxyl groups excluding tert-OH is 1. The molecule has 1 aromatic rings. The van der Waals surface area contributed by atoms with E-state index in [9.17, 15) is 24.5 Å². The Bertz CT molecular complexity index is 782. The second-order valence-corrected chi connectivity index (χ2v) is 7.31. The van der Waals surface area contributed by atoms with E-state index >= 15 is 0 Å². The topological polar surface area (TPSA) is 96.2 Å². The third kappa shape index (κ3) is 7.11. The Hall–Kier alpha value is -2.44. The maximum atomic E-state index is 13.1. The van der Waals surface area contributed by atoms with Gasteiger partial charge in [0.1, 0.15) is 17.7 Å². The first-order valence-corrected chi connectivity index (χ1v) is 10.0. The predicted molar refractivity (Wildman–Crippen MR) is 109 cm³/mol. The van der Waals surface area contributed by atoms with Gasteiger partial charge in [-0.2, -0.15) is 0 Å². The average molecular weight is 420 g/mol. The van der Waals surface area contributed by atoms with Crippen molar-refractivity contribution in [2.75, 3.05) is 13.7 Å². The highest BCUT2D eigenvalue weighted by atomic mass is 19.1. The van der Waals surface area contributed by atoms with Gasteiger partial charge in [-0.25, -0.2) is 9.18 Å². The number of carbonyl (C=O) groups is 1. The van der Waals surface area contributed by atoms with Crippen LogP contribution in [0.15, 0.2) is 54.3 Å². The molecule has 3 atom stereocenters. The van der Waals surface area contributed by atoms with Crippen molar-refractivity contribution in [2.24, 2.45) is 11.8 Å². The molecule has 0 spiro atoms. The molecule has 1 aromatic carbocycles. The summed E-state index contributed by atoms with van der Waals surface area (Å²) in [5, 5.41) is 28.8. The number of rotatable bonds is 10. The Balaban J connectivity index is 1.77. The highest BCUT2D eigenvalue weighted by Gasteiger charge is 2.41. The first kappa shape index (κ1) is 23.8. The van der Waals surface area contributed by atoms with E-state index < -0.39 is 17.9 Å². The lowest BCUT2D eigenvalue weighted by Gasteiger charge is -2.21. The third-order valence-electron chi connectivity index (χ3n) is 5.14. The van der Waals surface area contributed by atoms with Crippen LogP contribution in [-0.4, -0.2) is 46.9 Å². The number of hydrogen-bond donors (Lipinski definition) is 3. The number of benzene rings is 1. The maximum absolute atomic E-state index is 13.1. The molecule has 7 heteroatoms. The molecule has 0 aliphatic heterocycles. The van der Waals surface area contributed by atoms with E-state index in [1.807, 2.05) is 0 Å². The minimum atomic E-state index is -3.00. The Morgan fingerprint density at radius 1 is 1.40 bits per heavy atom. The summed E-state index contributed by atoms with van der Waals surface area (Å²) in [6.45, 7) is 0.474. The van der Waals surface area contributed by atoms with Gasteiger partial charge in [-0.1, -0.05) is 24.6 Å². The van der Waals surface area contributed by atoms with Crippen LogP contribution in [0.3, 0.4) is 0 Å². The van der Waals surface area contributed by atoms with Crippen LogP contribution in [0.5, 0.6) is 5.75 Å². The van der Waals surface area contributed by atoms with Crippen LogP contribution in [0.2, 0.25) is 0 Å². The molecule has 0 aromatic heterocycles. The van der Waals surface area contributed by atoms with Crippen molar-refractivity contribution in [1.29, 1.82) is 0 Å². The van der Waals surface area contributed by atoms with E-state index in [4.69, 9.17) is 4.74 Å². The van der Waals surface area contributed by atoms with E-state index in [-0.39, 0.29) is 5.82 Å². The summed E-state index contributed by atoms with van der Waals surface area (Å²) in [5.74, 6) is -3.29. The average Bonchev–Trinajstić information content (AvgIpc) is 3.17. The number of halogens is 1. The molecule has 1 saturated carbocycles. The van der Waals surface area contributed by atoms with Crippen LogP contribution in [-0.2, 0) is 9.53 Å². The van der Waals surface area contributed by atoms with E-state index in [0.717, 1.165) is 45.3 Å². The minimum absolute atomic E-state index is 0.319. The molecular formula is C23H29FO6.